The zero-order valence-electron chi connectivity index (χ0n) is 16.0. The molecule has 29 heavy (non-hydrogen) atoms. The zero-order valence-corrected chi connectivity index (χ0v) is 16.0. The Kier molecular flexibility index (Phi) is 5.97. The minimum absolute atomic E-state index is 0.0436. The number of nitrogens with zero attached hydrogens (tertiary/aromatic N) is 2. The number of nitrogens with one attached hydrogen (secondary N) is 1. The summed E-state index contributed by atoms with van der Waals surface area (Å²) in [5.41, 5.74) is 3.24. The van der Waals surface area contributed by atoms with E-state index in [1.165, 1.54) is 0 Å². The Morgan fingerprint density at radius 3 is 2.59 bits per heavy atom. The van der Waals surface area contributed by atoms with E-state index >= 15 is 0 Å². The third kappa shape index (κ3) is 4.28. The number of nitriles is 2. The number of fused-ring (bicyclic) bond motifs is 2. The summed E-state index contributed by atoms with van der Waals surface area (Å²) >= 11 is 0. The van der Waals surface area contributed by atoms with E-state index in [4.69, 9.17) is 9.47 Å². The molecule has 0 saturated heterocycles. The van der Waals surface area contributed by atoms with Crippen molar-refractivity contribution < 1.29 is 14.3 Å². The third-order valence-corrected chi connectivity index (χ3v) is 4.33. The van der Waals surface area contributed by atoms with Gasteiger partial charge in [-0.2, -0.15) is 10.5 Å². The van der Waals surface area contributed by atoms with Crippen LogP contribution in [-0.4, -0.2) is 19.1 Å². The van der Waals surface area contributed by atoms with Gasteiger partial charge in [0.15, 0.2) is 0 Å². The average Bonchev–Trinajstić information content (AvgIpc) is 2.73. The maximum Gasteiger partial charge on any atom is 0.333 e. The van der Waals surface area contributed by atoms with Crippen molar-refractivity contribution in [2.75, 3.05) is 18.5 Å². The molecule has 0 spiro atoms. The highest BCUT2D eigenvalue weighted by Crippen LogP contribution is 2.45. The van der Waals surface area contributed by atoms with Gasteiger partial charge in [-0.05, 0) is 31.5 Å². The van der Waals surface area contributed by atoms with Crippen molar-refractivity contribution in [2.24, 2.45) is 0 Å². The van der Waals surface area contributed by atoms with E-state index in [-0.39, 0.29) is 5.57 Å². The number of para-hydroxylation sites is 1. The van der Waals surface area contributed by atoms with Gasteiger partial charge in [0.25, 0.3) is 0 Å². The maximum atomic E-state index is 11.4. The molecule has 3 rings (SSSR count). The molecule has 0 amide bonds. The highest BCUT2D eigenvalue weighted by Gasteiger charge is 2.25. The van der Waals surface area contributed by atoms with Gasteiger partial charge in [-0.25, -0.2) is 4.79 Å². The van der Waals surface area contributed by atoms with Crippen LogP contribution in [0.15, 0.2) is 60.2 Å². The molecule has 6 nitrogen and oxygen atoms in total. The van der Waals surface area contributed by atoms with Crippen LogP contribution in [0.3, 0.4) is 0 Å². The molecule has 0 unspecified atom stereocenters. The number of carbonyl (C=O) groups is 1. The largest absolute Gasteiger partial charge is 0.462 e. The molecule has 0 atom stereocenters. The number of allylic oxidation sites excluding steroid dienone is 1. The van der Waals surface area contributed by atoms with Gasteiger partial charge < -0.3 is 14.8 Å². The molecular formula is C23H19N3O3. The highest BCUT2D eigenvalue weighted by atomic mass is 16.5. The third-order valence-electron chi connectivity index (χ3n) is 4.33. The SMILES string of the molecule is C=C(C)C(=O)OCCCNc1ccc2c(c1)Oc1ccccc1C2=C(C#N)C#N. The monoisotopic (exact) mass is 385 g/mol. The van der Waals surface area contributed by atoms with Gasteiger partial charge >= 0.3 is 5.97 Å². The molecule has 0 radical (unpaired) electrons. The standard InChI is InChI=1S/C23H19N3O3/c1-15(2)23(27)28-11-5-10-26-17-8-9-19-21(12-17)29-20-7-4-3-6-18(20)22(19)16(13-24)14-25/h3-4,6-9,12,26H,1,5,10-11H2,2H3. The van der Waals surface area contributed by atoms with E-state index in [1.807, 2.05) is 48.5 Å². The van der Waals surface area contributed by atoms with Gasteiger partial charge in [0.05, 0.1) is 6.61 Å². The fourth-order valence-corrected chi connectivity index (χ4v) is 2.95. The molecule has 0 aromatic heterocycles. The lowest BCUT2D eigenvalue weighted by atomic mass is 9.90. The molecule has 0 fully saturated rings. The molecule has 144 valence electrons. The minimum Gasteiger partial charge on any atom is -0.462 e. The molecule has 1 aliphatic rings. The number of benzene rings is 2. The number of ether oxygens (including phenoxy) is 2. The predicted octanol–water partition coefficient (Wildman–Crippen LogP) is 4.56. The van der Waals surface area contributed by atoms with Crippen LogP contribution in [0.25, 0.3) is 5.57 Å². The summed E-state index contributed by atoms with van der Waals surface area (Å²) in [6, 6.07) is 16.8. The molecule has 0 bridgehead atoms. The van der Waals surface area contributed by atoms with Crippen LogP contribution in [-0.2, 0) is 9.53 Å². The number of carbonyl (C=O) groups excluding carboxylic acids is 1. The minimum atomic E-state index is -0.393. The number of hydrogen-bond donors (Lipinski definition) is 1. The van der Waals surface area contributed by atoms with Crippen molar-refractivity contribution in [1.29, 1.82) is 10.5 Å². The summed E-state index contributed by atoms with van der Waals surface area (Å²) in [5, 5.41) is 22.1. The molecule has 1 aliphatic heterocycles. The Hall–Kier alpha value is -4.03. The summed E-state index contributed by atoms with van der Waals surface area (Å²) in [7, 11) is 0. The summed E-state index contributed by atoms with van der Waals surface area (Å²) in [5.74, 6) is 0.776. The lowest BCUT2D eigenvalue weighted by Gasteiger charge is -2.23. The first-order valence-electron chi connectivity index (χ1n) is 9.07. The van der Waals surface area contributed by atoms with Crippen LogP contribution in [0.5, 0.6) is 11.5 Å². The summed E-state index contributed by atoms with van der Waals surface area (Å²) in [6.45, 7) is 6.05. The Labute approximate surface area is 169 Å². The molecule has 0 saturated carbocycles. The lowest BCUT2D eigenvalue weighted by Crippen LogP contribution is -2.11. The Morgan fingerprint density at radius 2 is 1.86 bits per heavy atom. The van der Waals surface area contributed by atoms with Crippen LogP contribution in [0.2, 0.25) is 0 Å². The van der Waals surface area contributed by atoms with E-state index in [0.717, 1.165) is 11.3 Å². The fraction of sp³-hybridized carbons (Fsp3) is 0.174. The Morgan fingerprint density at radius 1 is 1.14 bits per heavy atom. The normalized spacial score (nSPS) is 11.1. The zero-order chi connectivity index (χ0) is 20.8. The number of rotatable bonds is 6. The van der Waals surface area contributed by atoms with Gasteiger partial charge in [-0.3, -0.25) is 0 Å². The predicted molar refractivity (Wildman–Crippen MR) is 109 cm³/mol. The molecule has 2 aromatic carbocycles. The second-order valence-corrected chi connectivity index (χ2v) is 6.48. The van der Waals surface area contributed by atoms with Gasteiger partial charge in [0.1, 0.15) is 29.2 Å². The van der Waals surface area contributed by atoms with Crippen molar-refractivity contribution in [3.63, 3.8) is 0 Å². The second kappa shape index (κ2) is 8.77. The molecule has 1 heterocycles. The second-order valence-electron chi connectivity index (χ2n) is 6.48. The van der Waals surface area contributed by atoms with Gasteiger partial charge in [0, 0.05) is 40.6 Å². The van der Waals surface area contributed by atoms with Crippen molar-refractivity contribution in [2.45, 2.75) is 13.3 Å². The highest BCUT2D eigenvalue weighted by molar-refractivity contribution is 5.93. The van der Waals surface area contributed by atoms with Crippen LogP contribution in [0.4, 0.5) is 5.69 Å². The lowest BCUT2D eigenvalue weighted by molar-refractivity contribution is -0.138. The van der Waals surface area contributed by atoms with Crippen molar-refractivity contribution in [3.05, 3.63) is 71.3 Å². The van der Waals surface area contributed by atoms with E-state index in [0.29, 0.717) is 47.8 Å². The molecular weight excluding hydrogens is 366 g/mol. The smallest absolute Gasteiger partial charge is 0.333 e. The Balaban J connectivity index is 1.77. The summed E-state index contributed by atoms with van der Waals surface area (Å²) in [6.07, 6.45) is 0.637. The van der Waals surface area contributed by atoms with Crippen LogP contribution >= 0.6 is 0 Å². The van der Waals surface area contributed by atoms with E-state index in [1.54, 1.807) is 13.0 Å². The number of esters is 1. The Bertz CT molecular complexity index is 1070. The van der Waals surface area contributed by atoms with Crippen molar-refractivity contribution >= 4 is 17.2 Å². The summed E-state index contributed by atoms with van der Waals surface area (Å²) in [4.78, 5) is 11.4. The average molecular weight is 385 g/mol. The van der Waals surface area contributed by atoms with Crippen molar-refractivity contribution in [1.82, 2.24) is 0 Å². The molecule has 0 aliphatic carbocycles. The van der Waals surface area contributed by atoms with Crippen LogP contribution in [0.1, 0.15) is 24.5 Å². The van der Waals surface area contributed by atoms with Crippen LogP contribution < -0.4 is 10.1 Å². The summed E-state index contributed by atoms with van der Waals surface area (Å²) < 4.78 is 11.1. The van der Waals surface area contributed by atoms with E-state index in [2.05, 4.69) is 11.9 Å². The van der Waals surface area contributed by atoms with Crippen molar-refractivity contribution in [3.8, 4) is 23.6 Å². The quantitative estimate of drug-likeness (QED) is 0.289. The first-order valence-corrected chi connectivity index (χ1v) is 9.07. The van der Waals surface area contributed by atoms with Gasteiger partial charge in [-0.1, -0.05) is 24.8 Å². The topological polar surface area (TPSA) is 95.1 Å². The number of anilines is 1. The first kappa shape index (κ1) is 19.7. The first-order chi connectivity index (χ1) is 14.0. The molecule has 6 heteroatoms. The fourth-order valence-electron chi connectivity index (χ4n) is 2.95. The number of hydrogen-bond acceptors (Lipinski definition) is 6. The van der Waals surface area contributed by atoms with E-state index in [9.17, 15) is 15.3 Å². The van der Waals surface area contributed by atoms with Crippen LogP contribution in [0, 0.1) is 22.7 Å². The van der Waals surface area contributed by atoms with Gasteiger partial charge in [0.2, 0.25) is 0 Å². The maximum absolute atomic E-state index is 11.4. The molecule has 2 aromatic rings. The van der Waals surface area contributed by atoms with Gasteiger partial charge in [-0.15, -0.1) is 0 Å². The molecule has 1 N–H and O–H groups in total. The van der Waals surface area contributed by atoms with E-state index < -0.39 is 5.97 Å².